The number of hydrogen-bond acceptors (Lipinski definition) is 4. The number of carbonyl (C=O) groups excluding carboxylic acids is 1. The molecule has 1 fully saturated rings. The van der Waals surface area contributed by atoms with Gasteiger partial charge in [0.15, 0.2) is 11.5 Å². The number of rotatable bonds is 4. The Morgan fingerprint density at radius 2 is 2.04 bits per heavy atom. The van der Waals surface area contributed by atoms with Crippen molar-refractivity contribution in [3.8, 4) is 11.3 Å². The molecule has 3 rings (SSSR count). The molecule has 1 heterocycles. The summed E-state index contributed by atoms with van der Waals surface area (Å²) in [5.74, 6) is -1.36. The number of aliphatic carboxylic acids is 1. The zero-order chi connectivity index (χ0) is 17.2. The van der Waals surface area contributed by atoms with Gasteiger partial charge in [0.05, 0.1) is 11.5 Å². The molecule has 0 saturated heterocycles. The average Bonchev–Trinajstić information content (AvgIpc) is 3.05. The highest BCUT2D eigenvalue weighted by Crippen LogP contribution is 2.34. The van der Waals surface area contributed by atoms with Gasteiger partial charge in [0.1, 0.15) is 0 Å². The number of amides is 1. The highest BCUT2D eigenvalue weighted by Gasteiger charge is 2.42. The van der Waals surface area contributed by atoms with Crippen LogP contribution in [0.5, 0.6) is 0 Å². The minimum absolute atomic E-state index is 0.157. The third-order valence-electron chi connectivity index (χ3n) is 4.71. The Labute approximate surface area is 139 Å². The van der Waals surface area contributed by atoms with Crippen molar-refractivity contribution in [1.82, 2.24) is 10.5 Å². The molecule has 1 aromatic heterocycles. The quantitative estimate of drug-likeness (QED) is 0.899. The molecule has 2 atom stereocenters. The molecule has 0 radical (unpaired) electrons. The smallest absolute Gasteiger partial charge is 0.308 e. The first-order valence-corrected chi connectivity index (χ1v) is 8.07. The lowest BCUT2D eigenvalue weighted by Gasteiger charge is -2.39. The van der Waals surface area contributed by atoms with Gasteiger partial charge in [-0.1, -0.05) is 48.3 Å². The maximum absolute atomic E-state index is 12.5. The molecule has 2 unspecified atom stereocenters. The van der Waals surface area contributed by atoms with E-state index in [-0.39, 0.29) is 5.69 Å². The molecular formula is C18H20N2O4. The zero-order valence-corrected chi connectivity index (χ0v) is 13.5. The highest BCUT2D eigenvalue weighted by atomic mass is 16.5. The maximum Gasteiger partial charge on any atom is 0.308 e. The van der Waals surface area contributed by atoms with Crippen LogP contribution in [0.3, 0.4) is 0 Å². The Morgan fingerprint density at radius 1 is 1.29 bits per heavy atom. The van der Waals surface area contributed by atoms with Gasteiger partial charge in [-0.25, -0.2) is 0 Å². The van der Waals surface area contributed by atoms with E-state index in [4.69, 9.17) is 4.52 Å². The molecule has 1 aromatic carbocycles. The number of carboxylic acid groups (broad SMARTS) is 1. The fraction of sp³-hybridized carbons (Fsp3) is 0.389. The number of aromatic nitrogens is 1. The molecule has 0 bridgehead atoms. The fourth-order valence-electron chi connectivity index (χ4n) is 3.32. The van der Waals surface area contributed by atoms with Crippen molar-refractivity contribution in [3.63, 3.8) is 0 Å². The van der Waals surface area contributed by atoms with E-state index >= 15 is 0 Å². The monoisotopic (exact) mass is 328 g/mol. The van der Waals surface area contributed by atoms with Gasteiger partial charge in [0.2, 0.25) is 0 Å². The SMILES string of the molecule is CC1(NC(=O)c2cc(-c3ccccc3)on2)CCCCC1C(=O)O. The van der Waals surface area contributed by atoms with Crippen LogP contribution in [0.1, 0.15) is 43.1 Å². The molecule has 2 aromatic rings. The summed E-state index contributed by atoms with van der Waals surface area (Å²) in [6.07, 6.45) is 2.97. The van der Waals surface area contributed by atoms with Gasteiger partial charge in [-0.3, -0.25) is 9.59 Å². The van der Waals surface area contributed by atoms with Crippen LogP contribution in [0.15, 0.2) is 40.9 Å². The third kappa shape index (κ3) is 3.18. The van der Waals surface area contributed by atoms with Gasteiger partial charge in [-0.15, -0.1) is 0 Å². The van der Waals surface area contributed by atoms with E-state index < -0.39 is 23.3 Å². The largest absolute Gasteiger partial charge is 0.481 e. The molecule has 6 heteroatoms. The zero-order valence-electron chi connectivity index (χ0n) is 13.5. The summed E-state index contributed by atoms with van der Waals surface area (Å²) in [6, 6.07) is 10.9. The fourth-order valence-corrected chi connectivity index (χ4v) is 3.32. The first kappa shape index (κ1) is 16.2. The average molecular weight is 328 g/mol. The number of hydrogen-bond donors (Lipinski definition) is 2. The lowest BCUT2D eigenvalue weighted by Crippen LogP contribution is -2.55. The molecule has 6 nitrogen and oxygen atoms in total. The molecule has 0 spiro atoms. The number of nitrogens with zero attached hydrogens (tertiary/aromatic N) is 1. The van der Waals surface area contributed by atoms with Gasteiger partial charge >= 0.3 is 5.97 Å². The lowest BCUT2D eigenvalue weighted by atomic mass is 9.74. The van der Waals surface area contributed by atoms with Gasteiger partial charge in [0, 0.05) is 11.6 Å². The van der Waals surface area contributed by atoms with Crippen LogP contribution in [-0.2, 0) is 4.79 Å². The van der Waals surface area contributed by atoms with E-state index in [1.54, 1.807) is 13.0 Å². The lowest BCUT2D eigenvalue weighted by molar-refractivity contribution is -0.145. The van der Waals surface area contributed by atoms with Crippen molar-refractivity contribution in [1.29, 1.82) is 0 Å². The third-order valence-corrected chi connectivity index (χ3v) is 4.71. The molecule has 126 valence electrons. The number of carboxylic acids is 1. The summed E-state index contributed by atoms with van der Waals surface area (Å²) in [4.78, 5) is 24.0. The van der Waals surface area contributed by atoms with Crippen LogP contribution >= 0.6 is 0 Å². The van der Waals surface area contributed by atoms with Crippen molar-refractivity contribution >= 4 is 11.9 Å². The van der Waals surface area contributed by atoms with E-state index in [1.165, 1.54) is 0 Å². The minimum atomic E-state index is -0.873. The summed E-state index contributed by atoms with van der Waals surface area (Å²) in [5.41, 5.74) is 0.216. The second kappa shape index (κ2) is 6.47. The second-order valence-electron chi connectivity index (χ2n) is 6.45. The van der Waals surface area contributed by atoms with Crippen molar-refractivity contribution < 1.29 is 19.2 Å². The predicted octanol–water partition coefficient (Wildman–Crippen LogP) is 3.10. The molecule has 1 saturated carbocycles. The normalized spacial score (nSPS) is 23.6. The van der Waals surface area contributed by atoms with Crippen molar-refractivity contribution in [3.05, 3.63) is 42.1 Å². The summed E-state index contributed by atoms with van der Waals surface area (Å²) in [5, 5.41) is 16.1. The number of nitrogens with one attached hydrogen (secondary N) is 1. The van der Waals surface area contributed by atoms with Crippen LogP contribution in [0.4, 0.5) is 0 Å². The number of carbonyl (C=O) groups is 2. The minimum Gasteiger partial charge on any atom is -0.481 e. The van der Waals surface area contributed by atoms with Crippen molar-refractivity contribution in [2.75, 3.05) is 0 Å². The first-order chi connectivity index (χ1) is 11.5. The van der Waals surface area contributed by atoms with Gasteiger partial charge in [-0.2, -0.15) is 0 Å². The van der Waals surface area contributed by atoms with Gasteiger partial charge < -0.3 is 14.9 Å². The van der Waals surface area contributed by atoms with Crippen LogP contribution in [0.25, 0.3) is 11.3 Å². The Morgan fingerprint density at radius 3 is 2.75 bits per heavy atom. The molecule has 1 amide bonds. The Kier molecular flexibility index (Phi) is 4.38. The van der Waals surface area contributed by atoms with E-state index in [9.17, 15) is 14.7 Å². The number of benzene rings is 1. The maximum atomic E-state index is 12.5. The Bertz CT molecular complexity index is 740. The topological polar surface area (TPSA) is 92.4 Å². The van der Waals surface area contributed by atoms with Crippen molar-refractivity contribution in [2.45, 2.75) is 38.1 Å². The molecule has 1 aliphatic carbocycles. The Hall–Kier alpha value is -2.63. The summed E-state index contributed by atoms with van der Waals surface area (Å²) in [7, 11) is 0. The van der Waals surface area contributed by atoms with Crippen LogP contribution < -0.4 is 5.32 Å². The summed E-state index contributed by atoms with van der Waals surface area (Å²) >= 11 is 0. The van der Waals surface area contributed by atoms with E-state index in [0.717, 1.165) is 18.4 Å². The van der Waals surface area contributed by atoms with Crippen LogP contribution in [0.2, 0.25) is 0 Å². The van der Waals surface area contributed by atoms with Gasteiger partial charge in [-0.05, 0) is 19.8 Å². The summed E-state index contributed by atoms with van der Waals surface area (Å²) in [6.45, 7) is 1.79. The molecule has 2 N–H and O–H groups in total. The van der Waals surface area contributed by atoms with Gasteiger partial charge in [0.25, 0.3) is 5.91 Å². The van der Waals surface area contributed by atoms with E-state index in [0.29, 0.717) is 18.6 Å². The molecule has 24 heavy (non-hydrogen) atoms. The van der Waals surface area contributed by atoms with Crippen LogP contribution in [0, 0.1) is 5.92 Å². The highest BCUT2D eigenvalue weighted by molar-refractivity contribution is 5.94. The summed E-state index contributed by atoms with van der Waals surface area (Å²) < 4.78 is 5.24. The van der Waals surface area contributed by atoms with E-state index in [2.05, 4.69) is 10.5 Å². The predicted molar refractivity (Wildman–Crippen MR) is 87.4 cm³/mol. The Balaban J connectivity index is 1.77. The molecule has 1 aliphatic rings. The van der Waals surface area contributed by atoms with Crippen molar-refractivity contribution in [2.24, 2.45) is 5.92 Å². The van der Waals surface area contributed by atoms with Crippen LogP contribution in [-0.4, -0.2) is 27.7 Å². The standard InChI is InChI=1S/C18H20N2O4/c1-18(10-6-5-9-13(18)17(22)23)19-16(21)14-11-15(24-20-14)12-7-3-2-4-8-12/h2-4,7-8,11,13H,5-6,9-10H2,1H3,(H,19,21)(H,22,23). The second-order valence-corrected chi connectivity index (χ2v) is 6.45. The molecule has 0 aliphatic heterocycles. The van der Waals surface area contributed by atoms with E-state index in [1.807, 2.05) is 30.3 Å². The first-order valence-electron chi connectivity index (χ1n) is 8.07. The molecular weight excluding hydrogens is 308 g/mol.